The first-order valence-corrected chi connectivity index (χ1v) is 7.41. The minimum atomic E-state index is 0.610. The van der Waals surface area contributed by atoms with Gasteiger partial charge in [0.1, 0.15) is 5.76 Å². The van der Waals surface area contributed by atoms with Crippen molar-refractivity contribution in [3.05, 3.63) is 17.8 Å². The fourth-order valence-corrected chi connectivity index (χ4v) is 2.63. The number of aromatic nitrogens is 1. The van der Waals surface area contributed by atoms with Gasteiger partial charge in [0.25, 0.3) is 0 Å². The van der Waals surface area contributed by atoms with Crippen LogP contribution in [0.1, 0.15) is 69.9 Å². The van der Waals surface area contributed by atoms with Gasteiger partial charge in [-0.15, -0.1) is 0 Å². The molecule has 1 fully saturated rings. The fourth-order valence-electron chi connectivity index (χ4n) is 2.63. The zero-order valence-corrected chi connectivity index (χ0v) is 11.7. The number of hydrogen-bond donors (Lipinski definition) is 1. The van der Waals surface area contributed by atoms with Crippen molar-refractivity contribution in [3.8, 4) is 0 Å². The summed E-state index contributed by atoms with van der Waals surface area (Å²) in [6.45, 7) is 6.19. The molecule has 0 atom stereocenters. The van der Waals surface area contributed by atoms with Gasteiger partial charge in [-0.05, 0) is 25.3 Å². The fraction of sp³-hybridized carbons (Fsp3) is 0.800. The van der Waals surface area contributed by atoms with E-state index in [4.69, 9.17) is 4.42 Å². The van der Waals surface area contributed by atoms with E-state index in [1.54, 1.807) is 0 Å². The summed E-state index contributed by atoms with van der Waals surface area (Å²) in [7, 11) is 0. The van der Waals surface area contributed by atoms with E-state index >= 15 is 0 Å². The van der Waals surface area contributed by atoms with Crippen molar-refractivity contribution in [2.45, 2.75) is 64.8 Å². The number of hydrogen-bond acceptors (Lipinski definition) is 3. The van der Waals surface area contributed by atoms with Gasteiger partial charge in [0.15, 0.2) is 0 Å². The summed E-state index contributed by atoms with van der Waals surface area (Å²) >= 11 is 0. The van der Waals surface area contributed by atoms with Crippen molar-refractivity contribution in [1.82, 2.24) is 10.3 Å². The van der Waals surface area contributed by atoms with Crippen LogP contribution < -0.4 is 5.32 Å². The van der Waals surface area contributed by atoms with Crippen LogP contribution in [0.15, 0.2) is 10.6 Å². The van der Waals surface area contributed by atoms with Gasteiger partial charge in [-0.25, -0.2) is 4.98 Å². The number of rotatable bonds is 5. The number of nitrogens with zero attached hydrogens (tertiary/aromatic N) is 1. The molecule has 0 aliphatic heterocycles. The maximum absolute atomic E-state index is 5.89. The van der Waals surface area contributed by atoms with Gasteiger partial charge in [0.2, 0.25) is 5.89 Å². The first kappa shape index (κ1) is 13.6. The highest BCUT2D eigenvalue weighted by Gasteiger charge is 2.18. The van der Waals surface area contributed by atoms with Crippen molar-refractivity contribution in [1.29, 1.82) is 0 Å². The average molecular weight is 250 g/mol. The molecule has 0 unspecified atom stereocenters. The molecule has 3 nitrogen and oxygen atoms in total. The van der Waals surface area contributed by atoms with Crippen LogP contribution in [-0.4, -0.2) is 11.5 Å². The van der Waals surface area contributed by atoms with Crippen LogP contribution in [0.2, 0.25) is 0 Å². The molecule has 1 aromatic heterocycles. The lowest BCUT2D eigenvalue weighted by Gasteiger charge is -2.09. The van der Waals surface area contributed by atoms with E-state index in [-0.39, 0.29) is 0 Å². The molecule has 0 radical (unpaired) electrons. The Morgan fingerprint density at radius 3 is 2.67 bits per heavy atom. The number of oxazole rings is 1. The summed E-state index contributed by atoms with van der Waals surface area (Å²) in [5.74, 6) is 3.23. The van der Waals surface area contributed by atoms with Gasteiger partial charge in [-0.2, -0.15) is 0 Å². The highest BCUT2D eigenvalue weighted by Crippen LogP contribution is 2.31. The molecule has 3 heteroatoms. The molecule has 1 N–H and O–H groups in total. The Kier molecular flexibility index (Phi) is 5.24. The lowest BCUT2D eigenvalue weighted by atomic mass is 9.98. The Morgan fingerprint density at radius 1 is 1.28 bits per heavy atom. The SMILES string of the molecule is CC(C)CNCc1ncc(C2CCCCCC2)o1. The Labute approximate surface area is 110 Å². The smallest absolute Gasteiger partial charge is 0.208 e. The molecule has 0 amide bonds. The predicted molar refractivity (Wildman–Crippen MR) is 73.5 cm³/mol. The molecule has 0 saturated heterocycles. The van der Waals surface area contributed by atoms with Crippen molar-refractivity contribution < 1.29 is 4.42 Å². The molecule has 1 saturated carbocycles. The number of nitrogens with one attached hydrogen (secondary N) is 1. The molecule has 0 bridgehead atoms. The molecule has 1 aliphatic rings. The lowest BCUT2D eigenvalue weighted by Crippen LogP contribution is -2.19. The molecule has 18 heavy (non-hydrogen) atoms. The quantitative estimate of drug-likeness (QED) is 0.806. The van der Waals surface area contributed by atoms with Gasteiger partial charge in [0, 0.05) is 5.92 Å². The van der Waals surface area contributed by atoms with Crippen LogP contribution in [0.3, 0.4) is 0 Å². The van der Waals surface area contributed by atoms with Gasteiger partial charge in [-0.3, -0.25) is 0 Å². The van der Waals surface area contributed by atoms with Crippen LogP contribution in [-0.2, 0) is 6.54 Å². The summed E-state index contributed by atoms with van der Waals surface area (Å²) in [6, 6.07) is 0. The molecular weight excluding hydrogens is 224 g/mol. The summed E-state index contributed by atoms with van der Waals surface area (Å²) in [4.78, 5) is 4.39. The second-order valence-electron chi connectivity index (χ2n) is 5.87. The Hall–Kier alpha value is -0.830. The second-order valence-corrected chi connectivity index (χ2v) is 5.87. The van der Waals surface area contributed by atoms with E-state index < -0.39 is 0 Å². The Morgan fingerprint density at radius 2 is 2.00 bits per heavy atom. The summed E-state index contributed by atoms with van der Waals surface area (Å²) in [5.41, 5.74) is 0. The minimum Gasteiger partial charge on any atom is -0.444 e. The van der Waals surface area contributed by atoms with E-state index in [1.165, 1.54) is 38.5 Å². The summed E-state index contributed by atoms with van der Waals surface area (Å²) < 4.78 is 5.89. The van der Waals surface area contributed by atoms with E-state index in [1.807, 2.05) is 6.20 Å². The molecule has 1 heterocycles. The first-order chi connectivity index (χ1) is 8.75. The van der Waals surface area contributed by atoms with E-state index in [0.29, 0.717) is 11.8 Å². The molecular formula is C15H26N2O. The first-order valence-electron chi connectivity index (χ1n) is 7.41. The maximum Gasteiger partial charge on any atom is 0.208 e. The van der Waals surface area contributed by atoms with Crippen LogP contribution in [0, 0.1) is 5.92 Å². The molecule has 1 aliphatic carbocycles. The normalized spacial score (nSPS) is 18.2. The lowest BCUT2D eigenvalue weighted by molar-refractivity contribution is 0.389. The third kappa shape index (κ3) is 4.13. The Bertz CT molecular complexity index is 338. The average Bonchev–Trinajstić information content (AvgIpc) is 2.63. The monoisotopic (exact) mass is 250 g/mol. The summed E-state index contributed by atoms with van der Waals surface area (Å²) in [6.07, 6.45) is 9.93. The van der Waals surface area contributed by atoms with E-state index in [9.17, 15) is 0 Å². The molecule has 102 valence electrons. The van der Waals surface area contributed by atoms with E-state index in [2.05, 4.69) is 24.1 Å². The zero-order valence-electron chi connectivity index (χ0n) is 11.7. The molecule has 0 spiro atoms. The van der Waals surface area contributed by atoms with Crippen LogP contribution in [0.5, 0.6) is 0 Å². The largest absolute Gasteiger partial charge is 0.444 e. The topological polar surface area (TPSA) is 38.1 Å². The molecule has 1 aromatic rings. The Balaban J connectivity index is 1.84. The van der Waals surface area contributed by atoms with Crippen molar-refractivity contribution >= 4 is 0 Å². The summed E-state index contributed by atoms with van der Waals surface area (Å²) in [5, 5.41) is 3.37. The van der Waals surface area contributed by atoms with Gasteiger partial charge >= 0.3 is 0 Å². The molecule has 0 aromatic carbocycles. The van der Waals surface area contributed by atoms with Crippen LogP contribution in [0.4, 0.5) is 0 Å². The van der Waals surface area contributed by atoms with Crippen molar-refractivity contribution in [3.63, 3.8) is 0 Å². The third-order valence-electron chi connectivity index (χ3n) is 3.66. The van der Waals surface area contributed by atoms with E-state index in [0.717, 1.165) is 24.7 Å². The molecule has 2 rings (SSSR count). The van der Waals surface area contributed by atoms with Crippen molar-refractivity contribution in [2.75, 3.05) is 6.54 Å². The van der Waals surface area contributed by atoms with Crippen LogP contribution >= 0.6 is 0 Å². The van der Waals surface area contributed by atoms with Gasteiger partial charge in [0.05, 0.1) is 12.7 Å². The van der Waals surface area contributed by atoms with Crippen molar-refractivity contribution in [2.24, 2.45) is 5.92 Å². The highest BCUT2D eigenvalue weighted by molar-refractivity contribution is 5.02. The minimum absolute atomic E-state index is 0.610. The maximum atomic E-state index is 5.89. The van der Waals surface area contributed by atoms with Gasteiger partial charge in [-0.1, -0.05) is 39.5 Å². The third-order valence-corrected chi connectivity index (χ3v) is 3.66. The highest BCUT2D eigenvalue weighted by atomic mass is 16.4. The zero-order chi connectivity index (χ0) is 12.8. The van der Waals surface area contributed by atoms with Gasteiger partial charge < -0.3 is 9.73 Å². The second kappa shape index (κ2) is 6.93. The standard InChI is InChI=1S/C15H26N2O/c1-12(2)9-16-11-15-17-10-14(18-15)13-7-5-3-4-6-8-13/h10,12-13,16H,3-9,11H2,1-2H3. The van der Waals surface area contributed by atoms with Crippen LogP contribution in [0.25, 0.3) is 0 Å². The predicted octanol–water partition coefficient (Wildman–Crippen LogP) is 3.86.